The van der Waals surface area contributed by atoms with Crippen LogP contribution in [-0.4, -0.2) is 11.9 Å². The van der Waals surface area contributed by atoms with Gasteiger partial charge in [-0.3, -0.25) is 0 Å². The molecule has 2 aliphatic carbocycles. The van der Waals surface area contributed by atoms with E-state index >= 15 is 0 Å². The van der Waals surface area contributed by atoms with Crippen LogP contribution in [0.4, 0.5) is 0 Å². The number of rotatable bonds is 0. The maximum absolute atomic E-state index is 2.20. The molecule has 0 saturated carbocycles. The summed E-state index contributed by atoms with van der Waals surface area (Å²) in [7, 11) is 2.05. The molecule has 21 heavy (non-hydrogen) atoms. The van der Waals surface area contributed by atoms with E-state index in [1.807, 2.05) is 0 Å². The van der Waals surface area contributed by atoms with Gasteiger partial charge in [0.2, 0.25) is 0 Å². The Hall–Kier alpha value is -0.557. The third-order valence-corrected chi connectivity index (χ3v) is 4.35. The van der Waals surface area contributed by atoms with E-state index in [9.17, 15) is 0 Å². The maximum atomic E-state index is 2.20. The van der Waals surface area contributed by atoms with Gasteiger partial charge in [0.15, 0.2) is 0 Å². The van der Waals surface area contributed by atoms with Gasteiger partial charge in [-0.05, 0) is 31.6 Å². The van der Waals surface area contributed by atoms with Crippen molar-refractivity contribution >= 4 is 24.8 Å². The van der Waals surface area contributed by atoms with Crippen LogP contribution >= 0.6 is 24.8 Å². The van der Waals surface area contributed by atoms with Crippen molar-refractivity contribution in [1.29, 1.82) is 0 Å². The summed E-state index contributed by atoms with van der Waals surface area (Å²) in [5.41, 5.74) is 5.40. The molecule has 0 aromatic rings. The molecule has 3 rings (SSSR count). The number of allylic oxidation sites excluding steroid dienone is 13. The fourth-order valence-electron chi connectivity index (χ4n) is 1.86. The zero-order valence-corrected chi connectivity index (χ0v) is 16.6. The molecule has 0 amide bonds. The van der Waals surface area contributed by atoms with Gasteiger partial charge in [-0.15, -0.1) is 24.8 Å². The van der Waals surface area contributed by atoms with Crippen molar-refractivity contribution < 1.29 is 24.7 Å². The van der Waals surface area contributed by atoms with E-state index < -0.39 is 0 Å². The Kier molecular flexibility index (Phi) is 9.21. The number of nitrogens with zero attached hydrogens (tertiary/aromatic N) is 1. The van der Waals surface area contributed by atoms with Crippen molar-refractivity contribution in [2.75, 3.05) is 7.05 Å². The van der Waals surface area contributed by atoms with Gasteiger partial charge >= 0.3 is 69.5 Å². The van der Waals surface area contributed by atoms with Crippen LogP contribution in [0.2, 0.25) is 0 Å². The minimum absolute atomic E-state index is 0. The van der Waals surface area contributed by atoms with E-state index in [1.54, 1.807) is 0 Å². The van der Waals surface area contributed by atoms with Crippen molar-refractivity contribution in [2.24, 2.45) is 0 Å². The van der Waals surface area contributed by atoms with Crippen LogP contribution in [0.5, 0.6) is 0 Å². The predicted molar refractivity (Wildman–Crippen MR) is 92.3 cm³/mol. The second-order valence-electron chi connectivity index (χ2n) is 4.79. The number of hydrogen-bond donors (Lipinski definition) is 0. The standard InChI is InChI=1S/C9H13N.C8H5.2ClH.Zr/c1-8-4-5-9(2)10(3)7-6-8;1-3-7-5-2-6-8(7)4-1;;;/h4-7H,1-3H3;1-5H;2*1H;. The van der Waals surface area contributed by atoms with Crippen molar-refractivity contribution in [3.63, 3.8) is 0 Å². The molecule has 0 aromatic carbocycles. The Labute approximate surface area is 155 Å². The average Bonchev–Trinajstić information content (AvgIpc) is 2.96. The van der Waals surface area contributed by atoms with Gasteiger partial charge in [0, 0.05) is 18.9 Å². The third-order valence-electron chi connectivity index (χ3n) is 3.27. The predicted octanol–water partition coefficient (Wildman–Crippen LogP) is 4.99. The first-order valence-electron chi connectivity index (χ1n) is 6.37. The molecule has 0 unspecified atom stereocenters. The van der Waals surface area contributed by atoms with Crippen LogP contribution in [0.25, 0.3) is 0 Å². The Morgan fingerprint density at radius 1 is 0.905 bits per heavy atom. The molecular weight excluding hydrogens is 380 g/mol. The SMILES string of the molecule is CC1=CC=C(C)N(C)C=C1.Cl.Cl.[Zr][C]1=CC=C2C=CC=C12. The molecule has 0 saturated heterocycles. The molecule has 1 nitrogen and oxygen atoms in total. The quantitative estimate of drug-likeness (QED) is 0.554. The third kappa shape index (κ3) is 5.62. The molecule has 111 valence electrons. The number of fused-ring (bicyclic) bond motifs is 1. The van der Waals surface area contributed by atoms with Crippen LogP contribution in [0, 0.1) is 0 Å². The van der Waals surface area contributed by atoms with Gasteiger partial charge in [-0.2, -0.15) is 0 Å². The van der Waals surface area contributed by atoms with E-state index in [1.165, 1.54) is 50.4 Å². The van der Waals surface area contributed by atoms with Crippen LogP contribution < -0.4 is 0 Å². The summed E-state index contributed by atoms with van der Waals surface area (Å²) in [4.78, 5) is 2.10. The molecule has 1 aliphatic heterocycles. The molecular formula is C17H20Cl2NZr. The van der Waals surface area contributed by atoms with E-state index in [2.05, 4.69) is 80.6 Å². The van der Waals surface area contributed by atoms with Crippen molar-refractivity contribution in [1.82, 2.24) is 4.90 Å². The van der Waals surface area contributed by atoms with Crippen molar-refractivity contribution in [3.05, 3.63) is 80.5 Å². The van der Waals surface area contributed by atoms with Crippen LogP contribution in [0.15, 0.2) is 80.5 Å². The molecule has 0 N–H and O–H groups in total. The number of hydrogen-bond acceptors (Lipinski definition) is 1. The normalized spacial score (nSPS) is 17.6. The monoisotopic (exact) mass is 398 g/mol. The summed E-state index contributed by atoms with van der Waals surface area (Å²) in [6.45, 7) is 4.19. The zero-order chi connectivity index (χ0) is 13.8. The molecule has 1 heterocycles. The molecule has 0 fully saturated rings. The van der Waals surface area contributed by atoms with Gasteiger partial charge in [-0.25, -0.2) is 0 Å². The zero-order valence-electron chi connectivity index (χ0n) is 12.5. The van der Waals surface area contributed by atoms with Gasteiger partial charge in [0.25, 0.3) is 0 Å². The first kappa shape index (κ1) is 20.4. The van der Waals surface area contributed by atoms with Crippen LogP contribution in [-0.2, 0) is 24.7 Å². The summed E-state index contributed by atoms with van der Waals surface area (Å²) in [6, 6.07) is 0. The van der Waals surface area contributed by atoms with Gasteiger partial charge in [0.05, 0.1) is 0 Å². The Balaban J connectivity index is 0.000000348. The minimum atomic E-state index is 0. The summed E-state index contributed by atoms with van der Waals surface area (Å²) < 4.78 is 1.47. The second-order valence-corrected chi connectivity index (χ2v) is 6.11. The van der Waals surface area contributed by atoms with Crippen molar-refractivity contribution in [3.8, 4) is 0 Å². The van der Waals surface area contributed by atoms with E-state index in [-0.39, 0.29) is 24.8 Å². The van der Waals surface area contributed by atoms with Crippen LogP contribution in [0.1, 0.15) is 13.8 Å². The summed E-state index contributed by atoms with van der Waals surface area (Å²) in [6.07, 6.45) is 19.2. The van der Waals surface area contributed by atoms with Gasteiger partial charge < -0.3 is 4.90 Å². The second kappa shape index (κ2) is 9.46. The fourth-order valence-corrected chi connectivity index (χ4v) is 2.62. The Morgan fingerprint density at radius 2 is 1.62 bits per heavy atom. The summed E-state index contributed by atoms with van der Waals surface area (Å²) in [5.74, 6) is 0. The first-order chi connectivity index (χ1) is 9.08. The Bertz CT molecular complexity index is 590. The Morgan fingerprint density at radius 3 is 2.29 bits per heavy atom. The summed E-state index contributed by atoms with van der Waals surface area (Å²) >= 11 is 1.51. The molecule has 0 bridgehead atoms. The molecule has 0 radical (unpaired) electrons. The van der Waals surface area contributed by atoms with Gasteiger partial charge in [0.1, 0.15) is 0 Å². The average molecular weight is 400 g/mol. The van der Waals surface area contributed by atoms with E-state index in [0.717, 1.165) is 0 Å². The van der Waals surface area contributed by atoms with Crippen LogP contribution in [0.3, 0.4) is 0 Å². The van der Waals surface area contributed by atoms with Crippen molar-refractivity contribution in [2.45, 2.75) is 13.8 Å². The summed E-state index contributed by atoms with van der Waals surface area (Å²) in [5, 5.41) is 0. The van der Waals surface area contributed by atoms with E-state index in [4.69, 9.17) is 0 Å². The molecule has 4 heteroatoms. The molecule has 0 spiro atoms. The van der Waals surface area contributed by atoms with Gasteiger partial charge in [-0.1, -0.05) is 6.08 Å². The topological polar surface area (TPSA) is 3.24 Å². The molecule has 0 atom stereocenters. The number of halogens is 2. The first-order valence-corrected chi connectivity index (χ1v) is 7.60. The molecule has 3 aliphatic rings. The fraction of sp³-hybridized carbons (Fsp3) is 0.176. The molecule has 0 aromatic heterocycles. The van der Waals surface area contributed by atoms with E-state index in [0.29, 0.717) is 0 Å².